The van der Waals surface area contributed by atoms with Crippen LogP contribution in [0.5, 0.6) is 0 Å². The molecule has 0 atom stereocenters. The molecular formula is C25H33BN2. The fourth-order valence-corrected chi connectivity index (χ4v) is 4.34. The second kappa shape index (κ2) is 8.07. The Morgan fingerprint density at radius 1 is 0.679 bits per heavy atom. The largest absolute Gasteiger partial charge is 0.176 e. The Hall–Kier alpha value is -2.16. The average Bonchev–Trinajstić information content (AvgIpc) is 3.27. The Bertz CT molecular complexity index is 845. The van der Waals surface area contributed by atoms with Crippen LogP contribution in [0.3, 0.4) is 0 Å². The van der Waals surface area contributed by atoms with E-state index in [0.29, 0.717) is 17.5 Å². The molecule has 146 valence electrons. The minimum absolute atomic E-state index is 0.393. The van der Waals surface area contributed by atoms with Gasteiger partial charge in [-0.3, -0.25) is 0 Å². The maximum atomic E-state index is 4.44. The van der Waals surface area contributed by atoms with Gasteiger partial charge in [-0.1, -0.05) is 114 Å². The molecule has 0 spiro atoms. The van der Waals surface area contributed by atoms with Gasteiger partial charge in [0.05, 0.1) is 11.4 Å². The molecule has 0 aliphatic carbocycles. The van der Waals surface area contributed by atoms with Crippen molar-refractivity contribution in [2.24, 2.45) is 21.0 Å². The molecule has 2 nitrogen and oxygen atoms in total. The van der Waals surface area contributed by atoms with Crippen LogP contribution in [0.2, 0.25) is 12.6 Å². The number of benzene rings is 2. The second-order valence-corrected chi connectivity index (χ2v) is 9.13. The highest BCUT2D eigenvalue weighted by atomic mass is 15.2. The summed E-state index contributed by atoms with van der Waals surface area (Å²) in [5.74, 6) is 0. The highest BCUT2D eigenvalue weighted by Crippen LogP contribution is 2.52. The summed E-state index contributed by atoms with van der Waals surface area (Å²) < 4.78 is 0. The minimum Gasteiger partial charge on any atom is -0.154 e. The van der Waals surface area contributed by atoms with E-state index in [0.717, 1.165) is 17.8 Å². The first-order valence-corrected chi connectivity index (χ1v) is 10.6. The van der Waals surface area contributed by atoms with Gasteiger partial charge < -0.3 is 0 Å². The lowest BCUT2D eigenvalue weighted by Crippen LogP contribution is -2.27. The van der Waals surface area contributed by atoms with Crippen molar-refractivity contribution < 1.29 is 0 Å². The summed E-state index contributed by atoms with van der Waals surface area (Å²) in [5.41, 5.74) is 6.74. The van der Waals surface area contributed by atoms with Crippen LogP contribution < -0.4 is 5.46 Å². The van der Waals surface area contributed by atoms with Gasteiger partial charge in [0.15, 0.2) is 6.71 Å². The van der Waals surface area contributed by atoms with Gasteiger partial charge >= 0.3 is 0 Å². The summed E-state index contributed by atoms with van der Waals surface area (Å²) in [6, 6.07) is 19.4. The molecule has 0 saturated carbocycles. The third kappa shape index (κ3) is 3.99. The van der Waals surface area contributed by atoms with E-state index in [4.69, 9.17) is 0 Å². The zero-order valence-electron chi connectivity index (χ0n) is 18.3. The Morgan fingerprint density at radius 3 is 1.64 bits per heavy atom. The van der Waals surface area contributed by atoms with Crippen LogP contribution in [0, 0.1) is 10.8 Å². The van der Waals surface area contributed by atoms with E-state index in [1.165, 1.54) is 29.2 Å². The van der Waals surface area contributed by atoms with Crippen molar-refractivity contribution in [2.75, 3.05) is 0 Å². The maximum Gasteiger partial charge on any atom is 0.176 e. The molecule has 0 radical (unpaired) electrons. The Labute approximate surface area is 171 Å². The molecule has 2 aromatic rings. The summed E-state index contributed by atoms with van der Waals surface area (Å²) in [6.07, 6.45) is 3.34. The van der Waals surface area contributed by atoms with Crippen molar-refractivity contribution in [3.05, 3.63) is 65.7 Å². The topological polar surface area (TPSA) is 24.7 Å². The van der Waals surface area contributed by atoms with Crippen molar-refractivity contribution in [1.82, 2.24) is 0 Å². The summed E-state index contributed by atoms with van der Waals surface area (Å²) >= 11 is 0. The van der Waals surface area contributed by atoms with E-state index >= 15 is 0 Å². The third-order valence-corrected chi connectivity index (χ3v) is 6.79. The Kier molecular flexibility index (Phi) is 5.93. The van der Waals surface area contributed by atoms with Crippen molar-refractivity contribution in [1.29, 1.82) is 0 Å². The molecule has 2 aromatic carbocycles. The van der Waals surface area contributed by atoms with E-state index in [-0.39, 0.29) is 0 Å². The molecule has 1 saturated heterocycles. The van der Waals surface area contributed by atoms with Crippen LogP contribution in [-0.4, -0.2) is 18.1 Å². The van der Waals surface area contributed by atoms with Crippen LogP contribution in [0.1, 0.15) is 59.1 Å². The normalized spacial score (nSPS) is 19.6. The summed E-state index contributed by atoms with van der Waals surface area (Å²) in [6.45, 7) is 14.3. The summed E-state index contributed by atoms with van der Waals surface area (Å²) in [7, 11) is 0. The predicted octanol–water partition coefficient (Wildman–Crippen LogP) is 6.08. The molecule has 1 fully saturated rings. The summed E-state index contributed by atoms with van der Waals surface area (Å²) in [5, 5.41) is 8.85. The van der Waals surface area contributed by atoms with Gasteiger partial charge in [-0.2, -0.15) is 10.2 Å². The zero-order valence-corrected chi connectivity index (χ0v) is 18.3. The quantitative estimate of drug-likeness (QED) is 0.584. The lowest BCUT2D eigenvalue weighted by molar-refractivity contribution is 0.177. The van der Waals surface area contributed by atoms with E-state index in [9.17, 15) is 0 Å². The van der Waals surface area contributed by atoms with Gasteiger partial charge in [0.2, 0.25) is 0 Å². The first kappa shape index (κ1) is 20.6. The molecule has 4 rings (SSSR count). The molecule has 0 bridgehead atoms. The summed E-state index contributed by atoms with van der Waals surface area (Å²) in [4.78, 5) is 0. The monoisotopic (exact) mass is 372 g/mol. The van der Waals surface area contributed by atoms with Crippen molar-refractivity contribution in [2.45, 2.75) is 60.6 Å². The van der Waals surface area contributed by atoms with E-state index < -0.39 is 0 Å². The van der Waals surface area contributed by atoms with Crippen molar-refractivity contribution in [3.63, 3.8) is 0 Å². The van der Waals surface area contributed by atoms with Gasteiger partial charge in [-0.15, -0.1) is 0 Å². The van der Waals surface area contributed by atoms with E-state index in [1.54, 1.807) is 0 Å². The number of nitrogens with zero attached hydrogens (tertiary/aromatic N) is 2. The Balaban J connectivity index is 0.00000109. The van der Waals surface area contributed by atoms with Crippen LogP contribution in [0.4, 0.5) is 0 Å². The van der Waals surface area contributed by atoms with Crippen LogP contribution in [-0.2, 0) is 0 Å². The molecule has 0 amide bonds. The molecular weight excluding hydrogens is 339 g/mol. The van der Waals surface area contributed by atoms with Crippen LogP contribution in [0.25, 0.3) is 0 Å². The standard InChI is InChI=1S/C23H27BN2.C2H6/c1-22(2)15-24(16-23(22,3)4)19-12-10-18(11-13-19)21-14-20(25-26-21)17-8-6-5-7-9-17;1-2/h5-13H,14-16H2,1-4H3;1-2H3. The molecule has 3 heteroatoms. The van der Waals surface area contributed by atoms with Crippen LogP contribution >= 0.6 is 0 Å². The lowest BCUT2D eigenvalue weighted by atomic mass is 9.42. The minimum atomic E-state index is 0.393. The molecule has 2 heterocycles. The number of hydrogen-bond donors (Lipinski definition) is 0. The first-order chi connectivity index (χ1) is 13.4. The van der Waals surface area contributed by atoms with Crippen LogP contribution in [0.15, 0.2) is 64.8 Å². The fourth-order valence-electron chi connectivity index (χ4n) is 4.34. The van der Waals surface area contributed by atoms with Gasteiger partial charge in [0, 0.05) is 6.42 Å². The molecule has 0 aromatic heterocycles. The third-order valence-electron chi connectivity index (χ3n) is 6.79. The van der Waals surface area contributed by atoms with Gasteiger partial charge in [-0.25, -0.2) is 0 Å². The Morgan fingerprint density at radius 2 is 1.14 bits per heavy atom. The second-order valence-electron chi connectivity index (χ2n) is 9.13. The zero-order chi connectivity index (χ0) is 20.4. The van der Waals surface area contributed by atoms with Crippen molar-refractivity contribution in [3.8, 4) is 0 Å². The number of hydrogen-bond acceptors (Lipinski definition) is 2. The lowest BCUT2D eigenvalue weighted by Gasteiger charge is -2.35. The predicted molar refractivity (Wildman–Crippen MR) is 124 cm³/mol. The van der Waals surface area contributed by atoms with Gasteiger partial charge in [0.1, 0.15) is 0 Å². The fraction of sp³-hybridized carbons (Fsp3) is 0.440. The molecule has 2 aliphatic heterocycles. The molecule has 2 aliphatic rings. The smallest absolute Gasteiger partial charge is 0.154 e. The first-order valence-electron chi connectivity index (χ1n) is 10.6. The van der Waals surface area contributed by atoms with E-state index in [1.807, 2.05) is 19.9 Å². The van der Waals surface area contributed by atoms with Gasteiger partial charge in [0.25, 0.3) is 0 Å². The van der Waals surface area contributed by atoms with Gasteiger partial charge in [-0.05, 0) is 22.0 Å². The average molecular weight is 372 g/mol. The molecule has 0 unspecified atom stereocenters. The van der Waals surface area contributed by atoms with Crippen molar-refractivity contribution >= 4 is 23.6 Å². The highest BCUT2D eigenvalue weighted by molar-refractivity contribution is 6.74. The maximum absolute atomic E-state index is 4.44. The SMILES string of the molecule is CC.CC1(C)CB(c2ccc(C3=NN=C(c4ccccc4)C3)cc2)CC1(C)C. The number of rotatable bonds is 3. The highest BCUT2D eigenvalue weighted by Gasteiger charge is 2.47. The van der Waals surface area contributed by atoms with E-state index in [2.05, 4.69) is 86.4 Å². The molecule has 0 N–H and O–H groups in total. The molecule has 28 heavy (non-hydrogen) atoms.